The number of halogens is 2. The standard InChI is InChI=1S/C23H19F2N7O/c24-13-3-4-17(25)15(8-13)20-2-1-6-31(20)21-5-7-32-23(30-21)16(10-27-32)22-28-18-9-14(12-33)26-11-19(18)29-22/h3-5,7-11,20,33H,1-2,6,12H2,(H,28,29)/t20-/m1/s1. The number of rotatable bonds is 4. The summed E-state index contributed by atoms with van der Waals surface area (Å²) >= 11 is 0. The number of nitrogens with one attached hydrogen (secondary N) is 1. The van der Waals surface area contributed by atoms with Gasteiger partial charge in [-0.3, -0.25) is 4.98 Å². The Bertz CT molecular complexity index is 1500. The molecule has 33 heavy (non-hydrogen) atoms. The molecule has 8 nitrogen and oxygen atoms in total. The van der Waals surface area contributed by atoms with Gasteiger partial charge < -0.3 is 15.0 Å². The van der Waals surface area contributed by atoms with E-state index >= 15 is 0 Å². The Labute approximate surface area is 186 Å². The van der Waals surface area contributed by atoms with E-state index in [9.17, 15) is 13.9 Å². The lowest BCUT2D eigenvalue weighted by atomic mass is 10.0. The first-order chi connectivity index (χ1) is 16.1. The molecular formula is C23H19F2N7O. The number of pyridine rings is 1. The number of aromatic nitrogens is 6. The summed E-state index contributed by atoms with van der Waals surface area (Å²) in [6.07, 6.45) is 6.67. The van der Waals surface area contributed by atoms with E-state index in [1.807, 2.05) is 11.0 Å². The summed E-state index contributed by atoms with van der Waals surface area (Å²) < 4.78 is 30.0. The van der Waals surface area contributed by atoms with Crippen molar-refractivity contribution >= 4 is 22.5 Å². The fourth-order valence-electron chi connectivity index (χ4n) is 4.49. The van der Waals surface area contributed by atoms with Crippen molar-refractivity contribution in [3.8, 4) is 11.4 Å². The monoisotopic (exact) mass is 447 g/mol. The van der Waals surface area contributed by atoms with Crippen LogP contribution in [-0.2, 0) is 6.61 Å². The van der Waals surface area contributed by atoms with Crippen LogP contribution in [0.3, 0.4) is 0 Å². The fraction of sp³-hybridized carbons (Fsp3) is 0.217. The Morgan fingerprint density at radius 3 is 2.91 bits per heavy atom. The van der Waals surface area contributed by atoms with Gasteiger partial charge in [-0.1, -0.05) is 0 Å². The van der Waals surface area contributed by atoms with E-state index in [-0.39, 0.29) is 12.6 Å². The fourth-order valence-corrected chi connectivity index (χ4v) is 4.49. The van der Waals surface area contributed by atoms with Gasteiger partial charge in [-0.05, 0) is 43.2 Å². The molecule has 2 N–H and O–H groups in total. The van der Waals surface area contributed by atoms with Gasteiger partial charge in [-0.25, -0.2) is 23.3 Å². The number of aromatic amines is 1. The maximum atomic E-state index is 14.5. The average Bonchev–Trinajstić information content (AvgIpc) is 3.57. The summed E-state index contributed by atoms with van der Waals surface area (Å²) in [5, 5.41) is 13.7. The SMILES string of the molecule is OCc1cc2nc(-c3cnn4ccc(N5CCC[C@@H]5c5cc(F)ccc5F)nc34)[nH]c2cn1. The van der Waals surface area contributed by atoms with Gasteiger partial charge >= 0.3 is 0 Å². The molecule has 1 aromatic carbocycles. The Balaban J connectivity index is 1.42. The van der Waals surface area contributed by atoms with Crippen LogP contribution in [0.2, 0.25) is 0 Å². The minimum Gasteiger partial charge on any atom is -0.390 e. The maximum absolute atomic E-state index is 14.5. The number of aliphatic hydroxyl groups excluding tert-OH is 1. The number of H-pyrrole nitrogens is 1. The van der Waals surface area contributed by atoms with Gasteiger partial charge in [0.05, 0.1) is 47.3 Å². The molecule has 4 aromatic heterocycles. The van der Waals surface area contributed by atoms with Gasteiger partial charge in [0.15, 0.2) is 5.65 Å². The first-order valence-electron chi connectivity index (χ1n) is 10.6. The third-order valence-corrected chi connectivity index (χ3v) is 6.06. The molecule has 5 heterocycles. The van der Waals surface area contributed by atoms with E-state index in [4.69, 9.17) is 4.98 Å². The minimum atomic E-state index is -0.455. The van der Waals surface area contributed by atoms with Crippen molar-refractivity contribution < 1.29 is 13.9 Å². The zero-order chi connectivity index (χ0) is 22.5. The highest BCUT2D eigenvalue weighted by molar-refractivity contribution is 5.82. The van der Waals surface area contributed by atoms with Crippen LogP contribution in [0, 0.1) is 11.6 Å². The van der Waals surface area contributed by atoms with Crippen LogP contribution in [0.15, 0.2) is 48.9 Å². The minimum absolute atomic E-state index is 0.164. The van der Waals surface area contributed by atoms with E-state index in [1.54, 1.807) is 29.2 Å². The second-order valence-electron chi connectivity index (χ2n) is 8.07. The van der Waals surface area contributed by atoms with Crippen molar-refractivity contribution in [2.24, 2.45) is 0 Å². The summed E-state index contributed by atoms with van der Waals surface area (Å²) in [4.78, 5) is 18.8. The number of benzene rings is 1. The van der Waals surface area contributed by atoms with Crippen molar-refractivity contribution in [2.45, 2.75) is 25.5 Å². The lowest BCUT2D eigenvalue weighted by molar-refractivity contribution is 0.277. The number of hydrogen-bond donors (Lipinski definition) is 2. The first-order valence-corrected chi connectivity index (χ1v) is 10.6. The van der Waals surface area contributed by atoms with Gasteiger partial charge in [0.25, 0.3) is 0 Å². The van der Waals surface area contributed by atoms with Gasteiger partial charge in [-0.15, -0.1) is 0 Å². The topological polar surface area (TPSA) is 95.2 Å². The molecule has 5 aromatic rings. The second kappa shape index (κ2) is 7.59. The molecule has 0 amide bonds. The van der Waals surface area contributed by atoms with Gasteiger partial charge in [0.1, 0.15) is 23.3 Å². The predicted octanol–water partition coefficient (Wildman–Crippen LogP) is 3.78. The number of anilines is 1. The molecule has 166 valence electrons. The zero-order valence-electron chi connectivity index (χ0n) is 17.4. The highest BCUT2D eigenvalue weighted by atomic mass is 19.1. The summed E-state index contributed by atoms with van der Waals surface area (Å²) in [5.41, 5.74) is 3.58. The van der Waals surface area contributed by atoms with Crippen molar-refractivity contribution in [2.75, 3.05) is 11.4 Å². The molecule has 1 atom stereocenters. The van der Waals surface area contributed by atoms with E-state index in [0.29, 0.717) is 52.6 Å². The lowest BCUT2D eigenvalue weighted by Crippen LogP contribution is -2.24. The van der Waals surface area contributed by atoms with Crippen molar-refractivity contribution in [3.05, 3.63) is 71.8 Å². The van der Waals surface area contributed by atoms with Crippen LogP contribution < -0.4 is 4.90 Å². The lowest BCUT2D eigenvalue weighted by Gasteiger charge is -2.26. The number of aliphatic hydroxyl groups is 1. The molecule has 0 aliphatic carbocycles. The largest absolute Gasteiger partial charge is 0.390 e. The molecule has 1 saturated heterocycles. The highest BCUT2D eigenvalue weighted by Crippen LogP contribution is 2.37. The molecule has 0 bridgehead atoms. The van der Waals surface area contributed by atoms with Gasteiger partial charge in [0.2, 0.25) is 0 Å². The molecule has 6 rings (SSSR count). The molecule has 10 heteroatoms. The molecular weight excluding hydrogens is 428 g/mol. The zero-order valence-corrected chi connectivity index (χ0v) is 17.4. The predicted molar refractivity (Wildman–Crippen MR) is 117 cm³/mol. The Morgan fingerprint density at radius 2 is 2.03 bits per heavy atom. The average molecular weight is 447 g/mol. The molecule has 0 spiro atoms. The molecule has 0 unspecified atom stereocenters. The molecule has 1 aliphatic rings. The first kappa shape index (κ1) is 19.7. The molecule has 0 saturated carbocycles. The smallest absolute Gasteiger partial charge is 0.168 e. The van der Waals surface area contributed by atoms with E-state index in [0.717, 1.165) is 18.0 Å². The quantitative estimate of drug-likeness (QED) is 0.435. The van der Waals surface area contributed by atoms with Crippen LogP contribution in [0.4, 0.5) is 14.6 Å². The molecule has 1 fully saturated rings. The van der Waals surface area contributed by atoms with E-state index in [1.165, 1.54) is 12.1 Å². The summed E-state index contributed by atoms with van der Waals surface area (Å²) in [6, 6.07) is 6.83. The van der Waals surface area contributed by atoms with Crippen LogP contribution in [0.1, 0.15) is 30.1 Å². The number of imidazole rings is 1. The van der Waals surface area contributed by atoms with Crippen LogP contribution in [0.25, 0.3) is 28.1 Å². The van der Waals surface area contributed by atoms with Gasteiger partial charge in [-0.2, -0.15) is 5.10 Å². The van der Waals surface area contributed by atoms with Crippen LogP contribution in [0.5, 0.6) is 0 Å². The van der Waals surface area contributed by atoms with E-state index < -0.39 is 11.6 Å². The second-order valence-corrected chi connectivity index (χ2v) is 8.07. The Hall–Kier alpha value is -3.92. The number of nitrogens with zero attached hydrogens (tertiary/aromatic N) is 6. The third-order valence-electron chi connectivity index (χ3n) is 6.06. The Kier molecular flexibility index (Phi) is 4.54. The molecule has 0 radical (unpaired) electrons. The van der Waals surface area contributed by atoms with Gasteiger partial charge in [0, 0.05) is 18.3 Å². The van der Waals surface area contributed by atoms with Crippen molar-refractivity contribution in [3.63, 3.8) is 0 Å². The normalized spacial score (nSPS) is 16.3. The van der Waals surface area contributed by atoms with Crippen LogP contribution in [-0.4, -0.2) is 41.2 Å². The third kappa shape index (κ3) is 3.30. The summed E-state index contributed by atoms with van der Waals surface area (Å²) in [5.74, 6) is 0.368. The van der Waals surface area contributed by atoms with Crippen molar-refractivity contribution in [1.29, 1.82) is 0 Å². The number of hydrogen-bond acceptors (Lipinski definition) is 6. The summed E-state index contributed by atoms with van der Waals surface area (Å²) in [6.45, 7) is 0.524. The molecule has 1 aliphatic heterocycles. The number of fused-ring (bicyclic) bond motifs is 2. The van der Waals surface area contributed by atoms with Crippen molar-refractivity contribution in [1.82, 2.24) is 29.5 Å². The maximum Gasteiger partial charge on any atom is 0.168 e. The summed E-state index contributed by atoms with van der Waals surface area (Å²) in [7, 11) is 0. The van der Waals surface area contributed by atoms with E-state index in [2.05, 4.69) is 20.1 Å². The Morgan fingerprint density at radius 1 is 1.12 bits per heavy atom. The van der Waals surface area contributed by atoms with Crippen LogP contribution >= 0.6 is 0 Å². The highest BCUT2D eigenvalue weighted by Gasteiger charge is 2.30.